The molecule has 2 bridgehead atoms. The second-order valence-corrected chi connectivity index (χ2v) is 9.60. The van der Waals surface area contributed by atoms with Crippen LogP contribution in [-0.4, -0.2) is 28.2 Å². The third-order valence-corrected chi connectivity index (χ3v) is 6.47. The van der Waals surface area contributed by atoms with E-state index in [-0.39, 0.29) is 30.2 Å². The number of benzene rings is 2. The molecule has 2 aromatic rings. The van der Waals surface area contributed by atoms with Crippen molar-refractivity contribution in [3.8, 4) is 0 Å². The summed E-state index contributed by atoms with van der Waals surface area (Å²) in [5, 5.41) is 11.4. The van der Waals surface area contributed by atoms with E-state index < -0.39 is 5.60 Å². The average molecular weight is 394 g/mol. The summed E-state index contributed by atoms with van der Waals surface area (Å²) < 4.78 is 5.58. The van der Waals surface area contributed by atoms with E-state index in [9.17, 15) is 9.90 Å². The number of piperidine rings is 1. The molecular weight excluding hydrogens is 362 g/mol. The second-order valence-electron chi connectivity index (χ2n) is 9.60. The Kier molecular flexibility index (Phi) is 5.16. The Labute approximate surface area is 173 Å². The first kappa shape index (κ1) is 20.0. The van der Waals surface area contributed by atoms with E-state index in [4.69, 9.17) is 4.74 Å². The summed E-state index contributed by atoms with van der Waals surface area (Å²) in [7, 11) is 0. The monoisotopic (exact) mass is 393 g/mol. The first-order valence-electron chi connectivity index (χ1n) is 10.6. The Hall–Kier alpha value is -2.33. The molecule has 2 fully saturated rings. The zero-order valence-corrected chi connectivity index (χ0v) is 17.6. The van der Waals surface area contributed by atoms with Crippen molar-refractivity contribution in [2.24, 2.45) is 0 Å². The molecule has 1 amide bonds. The molecule has 2 heterocycles. The van der Waals surface area contributed by atoms with Gasteiger partial charge >= 0.3 is 6.09 Å². The van der Waals surface area contributed by atoms with Crippen LogP contribution in [0, 0.1) is 0 Å². The number of ether oxygens (including phenoxy) is 1. The van der Waals surface area contributed by atoms with Crippen molar-refractivity contribution in [1.29, 1.82) is 0 Å². The summed E-state index contributed by atoms with van der Waals surface area (Å²) in [6.07, 6.45) is 2.73. The van der Waals surface area contributed by atoms with Crippen LogP contribution in [0.4, 0.5) is 4.79 Å². The fourth-order valence-corrected chi connectivity index (χ4v) is 4.83. The van der Waals surface area contributed by atoms with Gasteiger partial charge in [-0.15, -0.1) is 0 Å². The average Bonchev–Trinajstić information content (AvgIpc) is 2.98. The molecule has 2 unspecified atom stereocenters. The number of carbonyl (C=O) groups is 1. The lowest BCUT2D eigenvalue weighted by atomic mass is 9.79. The van der Waals surface area contributed by atoms with Crippen LogP contribution in [0.1, 0.15) is 63.1 Å². The first-order chi connectivity index (χ1) is 13.8. The van der Waals surface area contributed by atoms with Crippen molar-refractivity contribution in [3.05, 3.63) is 71.3 Å². The number of carbonyl (C=O) groups excluding carboxylic acids is 1. The summed E-state index contributed by atoms with van der Waals surface area (Å²) in [6, 6.07) is 18.2. The van der Waals surface area contributed by atoms with Gasteiger partial charge in [-0.3, -0.25) is 0 Å². The molecular formula is C25H31NO3. The molecule has 0 aliphatic carbocycles. The lowest BCUT2D eigenvalue weighted by Crippen LogP contribution is -2.52. The highest BCUT2D eigenvalue weighted by molar-refractivity contribution is 5.69. The van der Waals surface area contributed by atoms with Gasteiger partial charge in [0.15, 0.2) is 0 Å². The third-order valence-electron chi connectivity index (χ3n) is 6.47. The van der Waals surface area contributed by atoms with Crippen molar-refractivity contribution in [2.75, 3.05) is 0 Å². The molecule has 154 valence electrons. The maximum atomic E-state index is 12.8. The standard InChI is InChI=1S/C25H31NO3/c1-24(2,3)19-9-11-20(12-10-19)25(28)15-21-13-14-22(16-25)26(21)23(27)29-17-18-7-5-4-6-8-18/h4-12,21-22,28H,13-17H2,1-3H3. The van der Waals surface area contributed by atoms with E-state index in [1.165, 1.54) is 5.56 Å². The zero-order valence-electron chi connectivity index (χ0n) is 17.6. The van der Waals surface area contributed by atoms with Gasteiger partial charge in [0.05, 0.1) is 5.60 Å². The molecule has 1 N–H and O–H groups in total. The Bertz CT molecular complexity index is 840. The van der Waals surface area contributed by atoms with Gasteiger partial charge in [0.25, 0.3) is 0 Å². The number of aliphatic hydroxyl groups is 1. The normalized spacial score (nSPS) is 26.4. The van der Waals surface area contributed by atoms with Crippen LogP contribution in [0.5, 0.6) is 0 Å². The van der Waals surface area contributed by atoms with Crippen LogP contribution in [0.15, 0.2) is 54.6 Å². The summed E-state index contributed by atoms with van der Waals surface area (Å²) in [5.41, 5.74) is 2.42. The molecule has 4 rings (SSSR count). The molecule has 0 radical (unpaired) electrons. The van der Waals surface area contributed by atoms with Crippen LogP contribution in [0.25, 0.3) is 0 Å². The van der Waals surface area contributed by atoms with Crippen LogP contribution in [-0.2, 0) is 22.4 Å². The van der Waals surface area contributed by atoms with Gasteiger partial charge in [-0.25, -0.2) is 4.79 Å². The number of nitrogens with zero attached hydrogens (tertiary/aromatic N) is 1. The lowest BCUT2D eigenvalue weighted by molar-refractivity contribution is -0.0537. The van der Waals surface area contributed by atoms with Gasteiger partial charge in [-0.1, -0.05) is 75.4 Å². The third kappa shape index (κ3) is 4.04. The van der Waals surface area contributed by atoms with Gasteiger partial charge < -0.3 is 14.7 Å². The van der Waals surface area contributed by atoms with Gasteiger partial charge in [0.1, 0.15) is 6.61 Å². The minimum absolute atomic E-state index is 0.0318. The molecule has 0 aromatic heterocycles. The summed E-state index contributed by atoms with van der Waals surface area (Å²) in [5.74, 6) is 0. The molecule has 2 aliphatic rings. The second kappa shape index (κ2) is 7.49. The van der Waals surface area contributed by atoms with E-state index >= 15 is 0 Å². The van der Waals surface area contributed by atoms with Gasteiger partial charge in [0.2, 0.25) is 0 Å². The molecule has 4 nitrogen and oxygen atoms in total. The quantitative estimate of drug-likeness (QED) is 0.786. The molecule has 2 aromatic carbocycles. The van der Waals surface area contributed by atoms with E-state index in [0.717, 1.165) is 24.0 Å². The van der Waals surface area contributed by atoms with Crippen LogP contribution < -0.4 is 0 Å². The summed E-state index contributed by atoms with van der Waals surface area (Å²) in [4.78, 5) is 14.6. The maximum absolute atomic E-state index is 12.8. The minimum atomic E-state index is -0.877. The van der Waals surface area contributed by atoms with Crippen molar-refractivity contribution < 1.29 is 14.6 Å². The SMILES string of the molecule is CC(C)(C)c1ccc(C2(O)CC3CCC(C2)N3C(=O)OCc2ccccc2)cc1. The smallest absolute Gasteiger partial charge is 0.410 e. The molecule has 2 aliphatic heterocycles. The highest BCUT2D eigenvalue weighted by Gasteiger charge is 2.50. The minimum Gasteiger partial charge on any atom is -0.445 e. The van der Waals surface area contributed by atoms with Crippen molar-refractivity contribution in [1.82, 2.24) is 4.90 Å². The Morgan fingerprint density at radius 3 is 2.17 bits per heavy atom. The lowest BCUT2D eigenvalue weighted by Gasteiger charge is -2.43. The predicted octanol–water partition coefficient (Wildman–Crippen LogP) is 5.14. The van der Waals surface area contributed by atoms with Crippen molar-refractivity contribution >= 4 is 6.09 Å². The van der Waals surface area contributed by atoms with Gasteiger partial charge in [-0.05, 0) is 34.9 Å². The molecule has 29 heavy (non-hydrogen) atoms. The first-order valence-corrected chi connectivity index (χ1v) is 10.6. The Morgan fingerprint density at radius 2 is 1.62 bits per heavy atom. The van der Waals surface area contributed by atoms with Gasteiger partial charge in [-0.2, -0.15) is 0 Å². The number of amides is 1. The van der Waals surface area contributed by atoms with E-state index in [1.54, 1.807) is 0 Å². The molecule has 2 saturated heterocycles. The van der Waals surface area contributed by atoms with Crippen molar-refractivity contribution in [2.45, 2.75) is 76.2 Å². The zero-order chi connectivity index (χ0) is 20.6. The number of hydrogen-bond acceptors (Lipinski definition) is 3. The topological polar surface area (TPSA) is 49.8 Å². The van der Waals surface area contributed by atoms with Crippen LogP contribution >= 0.6 is 0 Å². The molecule has 0 spiro atoms. The number of rotatable bonds is 3. The maximum Gasteiger partial charge on any atom is 0.410 e. The number of fused-ring (bicyclic) bond motifs is 2. The molecule has 4 heteroatoms. The summed E-state index contributed by atoms with van der Waals surface area (Å²) >= 11 is 0. The Morgan fingerprint density at radius 1 is 1.03 bits per heavy atom. The van der Waals surface area contributed by atoms with E-state index in [2.05, 4.69) is 45.0 Å². The van der Waals surface area contributed by atoms with Crippen LogP contribution in [0.2, 0.25) is 0 Å². The summed E-state index contributed by atoms with van der Waals surface area (Å²) in [6.45, 7) is 6.86. The van der Waals surface area contributed by atoms with Crippen LogP contribution in [0.3, 0.4) is 0 Å². The largest absolute Gasteiger partial charge is 0.445 e. The fourth-order valence-electron chi connectivity index (χ4n) is 4.83. The van der Waals surface area contributed by atoms with E-state index in [1.807, 2.05) is 35.2 Å². The molecule has 2 atom stereocenters. The van der Waals surface area contributed by atoms with Gasteiger partial charge in [0, 0.05) is 24.9 Å². The molecule has 0 saturated carbocycles. The Balaban J connectivity index is 1.45. The van der Waals surface area contributed by atoms with E-state index in [0.29, 0.717) is 12.8 Å². The van der Waals surface area contributed by atoms with Crippen molar-refractivity contribution in [3.63, 3.8) is 0 Å². The predicted molar refractivity (Wildman–Crippen MR) is 114 cm³/mol. The number of hydrogen-bond donors (Lipinski definition) is 1. The highest BCUT2D eigenvalue weighted by atomic mass is 16.6. The highest BCUT2D eigenvalue weighted by Crippen LogP contribution is 2.46. The fraction of sp³-hybridized carbons (Fsp3) is 0.480.